The van der Waals surface area contributed by atoms with E-state index in [1.54, 1.807) is 18.3 Å². The average molecular weight is 463 g/mol. The zero-order chi connectivity index (χ0) is 23.5. The highest BCUT2D eigenvalue weighted by Gasteiger charge is 2.25. The first-order valence-corrected chi connectivity index (χ1v) is 12.1. The molecule has 2 aromatic carbocycles. The van der Waals surface area contributed by atoms with E-state index in [2.05, 4.69) is 16.1 Å². The summed E-state index contributed by atoms with van der Waals surface area (Å²) in [6.07, 6.45) is 13.2. The number of nitrogens with two attached hydrogens (primary N) is 1. The van der Waals surface area contributed by atoms with E-state index in [1.165, 1.54) is 18.4 Å². The predicted molar refractivity (Wildman–Crippen MR) is 132 cm³/mol. The topological polar surface area (TPSA) is 112 Å². The Bertz CT molecular complexity index is 1130. The zero-order valence-corrected chi connectivity index (χ0v) is 19.2. The van der Waals surface area contributed by atoms with E-state index in [4.69, 9.17) is 15.2 Å². The SMILES string of the molecule is Nc1cc2c(cc1OC1CCCC1)CN=C2.O=[N+]([O-])c1cc2c(cc1OC1CCCC1)CN=C2. The lowest BCUT2D eigenvalue weighted by Gasteiger charge is -2.15. The van der Waals surface area contributed by atoms with Crippen molar-refractivity contribution in [2.75, 3.05) is 5.73 Å². The summed E-state index contributed by atoms with van der Waals surface area (Å²) in [5, 5.41) is 11.1. The van der Waals surface area contributed by atoms with Gasteiger partial charge in [-0.2, -0.15) is 0 Å². The van der Waals surface area contributed by atoms with Gasteiger partial charge in [0.05, 0.1) is 35.9 Å². The van der Waals surface area contributed by atoms with Crippen molar-refractivity contribution in [1.82, 2.24) is 0 Å². The van der Waals surface area contributed by atoms with E-state index in [9.17, 15) is 10.1 Å². The van der Waals surface area contributed by atoms with Crippen molar-refractivity contribution in [3.63, 3.8) is 0 Å². The minimum absolute atomic E-state index is 0.0500. The molecule has 0 amide bonds. The van der Waals surface area contributed by atoms with Crippen LogP contribution in [-0.4, -0.2) is 29.6 Å². The Morgan fingerprint density at radius 3 is 1.85 bits per heavy atom. The number of aliphatic imine (C=N–C) groups is 2. The first kappa shape index (κ1) is 22.4. The number of hydrogen-bond acceptors (Lipinski definition) is 7. The minimum Gasteiger partial charge on any atom is -0.488 e. The van der Waals surface area contributed by atoms with Crippen molar-refractivity contribution >= 4 is 23.8 Å². The lowest BCUT2D eigenvalue weighted by atomic mass is 10.1. The summed E-state index contributed by atoms with van der Waals surface area (Å²) in [5.74, 6) is 1.24. The maximum atomic E-state index is 11.1. The molecule has 0 saturated heterocycles. The molecule has 6 rings (SSSR count). The van der Waals surface area contributed by atoms with Crippen LogP contribution in [0.4, 0.5) is 11.4 Å². The number of hydrogen-bond donors (Lipinski definition) is 1. The van der Waals surface area contributed by atoms with E-state index >= 15 is 0 Å². The van der Waals surface area contributed by atoms with Gasteiger partial charge in [0.1, 0.15) is 5.75 Å². The molecule has 2 aliphatic carbocycles. The van der Waals surface area contributed by atoms with Gasteiger partial charge in [-0.3, -0.25) is 20.1 Å². The quantitative estimate of drug-likeness (QED) is 0.365. The molecule has 0 bridgehead atoms. The maximum absolute atomic E-state index is 11.1. The predicted octanol–water partition coefficient (Wildman–Crippen LogP) is 5.37. The van der Waals surface area contributed by atoms with Gasteiger partial charge in [-0.25, -0.2) is 0 Å². The Morgan fingerprint density at radius 2 is 1.29 bits per heavy atom. The Kier molecular flexibility index (Phi) is 6.47. The maximum Gasteiger partial charge on any atom is 0.311 e. The Morgan fingerprint density at radius 1 is 0.794 bits per heavy atom. The fourth-order valence-corrected chi connectivity index (χ4v) is 4.99. The van der Waals surface area contributed by atoms with Crippen LogP contribution < -0.4 is 15.2 Å². The third kappa shape index (κ3) is 4.90. The van der Waals surface area contributed by atoms with Crippen LogP contribution in [0.2, 0.25) is 0 Å². The van der Waals surface area contributed by atoms with E-state index in [0.29, 0.717) is 18.4 Å². The first-order valence-electron chi connectivity index (χ1n) is 12.1. The summed E-state index contributed by atoms with van der Waals surface area (Å²) in [5.41, 5.74) is 11.0. The van der Waals surface area contributed by atoms with Gasteiger partial charge in [0, 0.05) is 24.1 Å². The standard InChI is InChI=1S/C13H14N2O3.C13H16N2O/c16-15(17)12-5-9-7-14-8-10(9)6-13(12)18-11-3-1-2-4-11;14-12-5-9-7-15-8-10(9)6-13(12)16-11-3-1-2-4-11/h5-7,11H,1-4,8H2;5-7,11H,1-4,8,14H2. The van der Waals surface area contributed by atoms with Crippen LogP contribution in [-0.2, 0) is 13.1 Å². The van der Waals surface area contributed by atoms with Crippen LogP contribution >= 0.6 is 0 Å². The molecule has 0 unspecified atom stereocenters. The molecule has 2 heterocycles. The molecule has 8 heteroatoms. The van der Waals surface area contributed by atoms with Gasteiger partial charge in [0.15, 0.2) is 5.75 Å². The minimum atomic E-state index is -0.378. The third-order valence-corrected chi connectivity index (χ3v) is 6.86. The number of ether oxygens (including phenoxy) is 2. The molecule has 2 saturated carbocycles. The molecule has 4 aliphatic rings. The normalized spacial score (nSPS) is 18.5. The molecule has 2 aromatic rings. The van der Waals surface area contributed by atoms with Crippen LogP contribution in [0.5, 0.6) is 11.5 Å². The van der Waals surface area contributed by atoms with E-state index in [1.807, 2.05) is 12.3 Å². The van der Waals surface area contributed by atoms with Crippen molar-refractivity contribution in [3.8, 4) is 11.5 Å². The molecule has 0 aromatic heterocycles. The van der Waals surface area contributed by atoms with Crippen LogP contribution in [0.15, 0.2) is 34.3 Å². The van der Waals surface area contributed by atoms with Crippen molar-refractivity contribution in [2.24, 2.45) is 9.98 Å². The van der Waals surface area contributed by atoms with Gasteiger partial charge in [0.25, 0.3) is 0 Å². The largest absolute Gasteiger partial charge is 0.488 e. The second-order valence-corrected chi connectivity index (χ2v) is 9.35. The average Bonchev–Trinajstić information content (AvgIpc) is 3.62. The lowest BCUT2D eigenvalue weighted by Crippen LogP contribution is -2.12. The number of anilines is 1. The monoisotopic (exact) mass is 462 g/mol. The molecule has 2 aliphatic heterocycles. The van der Waals surface area contributed by atoms with Crippen molar-refractivity contribution in [3.05, 3.63) is 56.6 Å². The Labute approximate surface area is 199 Å². The molecule has 2 fully saturated rings. The van der Waals surface area contributed by atoms with Gasteiger partial charge in [0.2, 0.25) is 0 Å². The van der Waals surface area contributed by atoms with E-state index < -0.39 is 0 Å². The Balaban J connectivity index is 0.000000142. The number of nitro benzene ring substituents is 1. The summed E-state index contributed by atoms with van der Waals surface area (Å²) in [7, 11) is 0. The number of nitrogen functional groups attached to an aromatic ring is 1. The highest BCUT2D eigenvalue weighted by Crippen LogP contribution is 2.35. The van der Waals surface area contributed by atoms with Gasteiger partial charge in [-0.1, -0.05) is 0 Å². The molecule has 2 N–H and O–H groups in total. The van der Waals surface area contributed by atoms with Crippen molar-refractivity contribution in [2.45, 2.75) is 76.7 Å². The molecule has 0 atom stereocenters. The molecule has 8 nitrogen and oxygen atoms in total. The Hall–Kier alpha value is -3.42. The molecular formula is C26H30N4O4. The van der Waals surface area contributed by atoms with Crippen LogP contribution in [0.25, 0.3) is 0 Å². The third-order valence-electron chi connectivity index (χ3n) is 6.86. The van der Waals surface area contributed by atoms with Gasteiger partial charge in [-0.15, -0.1) is 0 Å². The number of nitrogens with zero attached hydrogens (tertiary/aromatic N) is 3. The number of fused-ring (bicyclic) bond motifs is 2. The van der Waals surface area contributed by atoms with E-state index in [-0.39, 0.29) is 16.7 Å². The number of benzene rings is 2. The van der Waals surface area contributed by atoms with Crippen LogP contribution in [0.3, 0.4) is 0 Å². The molecule has 178 valence electrons. The molecular weight excluding hydrogens is 432 g/mol. The van der Waals surface area contributed by atoms with Crippen molar-refractivity contribution < 1.29 is 14.4 Å². The summed E-state index contributed by atoms with van der Waals surface area (Å²) in [6.45, 7) is 1.35. The molecule has 0 radical (unpaired) electrons. The second-order valence-electron chi connectivity index (χ2n) is 9.35. The highest BCUT2D eigenvalue weighted by atomic mass is 16.6. The fraction of sp³-hybridized carbons (Fsp3) is 0.462. The summed E-state index contributed by atoms with van der Waals surface area (Å²) < 4.78 is 11.7. The summed E-state index contributed by atoms with van der Waals surface area (Å²) >= 11 is 0. The lowest BCUT2D eigenvalue weighted by molar-refractivity contribution is -0.386. The molecule has 0 spiro atoms. The van der Waals surface area contributed by atoms with Crippen LogP contribution in [0.1, 0.15) is 73.6 Å². The van der Waals surface area contributed by atoms with Gasteiger partial charge >= 0.3 is 5.69 Å². The van der Waals surface area contributed by atoms with Gasteiger partial charge < -0.3 is 15.2 Å². The number of nitro groups is 1. The summed E-state index contributed by atoms with van der Waals surface area (Å²) in [4.78, 5) is 19.0. The van der Waals surface area contributed by atoms with E-state index in [0.717, 1.165) is 73.2 Å². The smallest absolute Gasteiger partial charge is 0.311 e. The number of rotatable bonds is 5. The fourth-order valence-electron chi connectivity index (χ4n) is 4.99. The summed E-state index contributed by atoms with van der Waals surface area (Å²) in [6, 6.07) is 7.36. The second kappa shape index (κ2) is 9.83. The van der Waals surface area contributed by atoms with Crippen molar-refractivity contribution in [1.29, 1.82) is 0 Å². The highest BCUT2D eigenvalue weighted by molar-refractivity contribution is 5.87. The zero-order valence-electron chi connectivity index (χ0n) is 19.2. The molecule has 34 heavy (non-hydrogen) atoms. The first-order chi connectivity index (χ1) is 16.6. The van der Waals surface area contributed by atoms with Gasteiger partial charge in [-0.05, 0) is 86.3 Å². The van der Waals surface area contributed by atoms with Crippen LogP contribution in [0, 0.1) is 10.1 Å².